The fourth-order valence-corrected chi connectivity index (χ4v) is 2.62. The zero-order chi connectivity index (χ0) is 16.2. The van der Waals surface area contributed by atoms with E-state index in [9.17, 15) is 0 Å². The molecule has 0 radical (unpaired) electrons. The summed E-state index contributed by atoms with van der Waals surface area (Å²) >= 11 is 9.49. The van der Waals surface area contributed by atoms with Crippen LogP contribution in [0.25, 0.3) is 0 Å². The summed E-state index contributed by atoms with van der Waals surface area (Å²) in [5, 5.41) is 7.12. The quantitative estimate of drug-likeness (QED) is 0.602. The molecule has 0 fully saturated rings. The number of halogens is 2. The van der Waals surface area contributed by atoms with Gasteiger partial charge in [0.2, 0.25) is 5.95 Å². The molecule has 0 bridgehead atoms. The minimum Gasteiger partial charge on any atom is -0.340 e. The third-order valence-electron chi connectivity index (χ3n) is 3.20. The lowest BCUT2D eigenvalue weighted by Gasteiger charge is -2.11. The second kappa shape index (κ2) is 6.98. The number of benzene rings is 2. The Bertz CT molecular complexity index is 838. The molecule has 0 saturated carbocycles. The molecule has 1 heterocycles. The molecule has 0 spiro atoms. The Morgan fingerprint density at radius 1 is 1.04 bits per heavy atom. The molecule has 0 aliphatic heterocycles. The summed E-state index contributed by atoms with van der Waals surface area (Å²) in [6.45, 7) is 2.01. The van der Waals surface area contributed by atoms with Crippen LogP contribution in [0.15, 0.2) is 59.2 Å². The van der Waals surface area contributed by atoms with E-state index in [1.54, 1.807) is 6.20 Å². The lowest BCUT2D eigenvalue weighted by molar-refractivity contribution is 1.16. The Balaban J connectivity index is 1.81. The van der Waals surface area contributed by atoms with Gasteiger partial charge in [-0.3, -0.25) is 0 Å². The molecule has 3 aromatic rings. The molecule has 0 atom stereocenters. The molecular weight excluding hydrogens is 376 g/mol. The zero-order valence-corrected chi connectivity index (χ0v) is 14.7. The molecule has 0 aliphatic carbocycles. The lowest BCUT2D eigenvalue weighted by atomic mass is 10.2. The predicted molar refractivity (Wildman–Crippen MR) is 98.9 cm³/mol. The third-order valence-corrected chi connectivity index (χ3v) is 3.93. The van der Waals surface area contributed by atoms with E-state index >= 15 is 0 Å². The molecule has 116 valence electrons. The number of anilines is 4. The number of hydrogen-bond acceptors (Lipinski definition) is 4. The van der Waals surface area contributed by atoms with Crippen LogP contribution in [0.3, 0.4) is 0 Å². The van der Waals surface area contributed by atoms with E-state index in [1.165, 1.54) is 0 Å². The number of nitrogens with one attached hydrogen (secondary N) is 2. The van der Waals surface area contributed by atoms with Gasteiger partial charge in [0, 0.05) is 27.1 Å². The molecule has 0 aliphatic rings. The molecule has 1 aromatic heterocycles. The second-order valence-electron chi connectivity index (χ2n) is 4.99. The third kappa shape index (κ3) is 4.21. The second-order valence-corrected chi connectivity index (χ2v) is 6.34. The highest BCUT2D eigenvalue weighted by atomic mass is 79.9. The zero-order valence-electron chi connectivity index (χ0n) is 12.3. The van der Waals surface area contributed by atoms with Crippen molar-refractivity contribution in [3.05, 3.63) is 69.8 Å². The normalized spacial score (nSPS) is 10.4. The van der Waals surface area contributed by atoms with Crippen LogP contribution in [-0.2, 0) is 0 Å². The maximum absolute atomic E-state index is 6.05. The van der Waals surface area contributed by atoms with Gasteiger partial charge in [0.15, 0.2) is 0 Å². The van der Waals surface area contributed by atoms with Gasteiger partial charge in [-0.05, 0) is 48.9 Å². The van der Waals surface area contributed by atoms with E-state index < -0.39 is 0 Å². The highest BCUT2D eigenvalue weighted by Crippen LogP contribution is 2.24. The molecule has 2 aromatic carbocycles. The van der Waals surface area contributed by atoms with Crippen LogP contribution in [0.5, 0.6) is 0 Å². The van der Waals surface area contributed by atoms with Gasteiger partial charge in [-0.1, -0.05) is 39.7 Å². The molecule has 2 N–H and O–H groups in total. The van der Waals surface area contributed by atoms with E-state index in [0.717, 1.165) is 21.4 Å². The Labute approximate surface area is 148 Å². The van der Waals surface area contributed by atoms with Crippen molar-refractivity contribution in [3.8, 4) is 0 Å². The minimum absolute atomic E-state index is 0.521. The average Bonchev–Trinajstić information content (AvgIpc) is 2.51. The van der Waals surface area contributed by atoms with Gasteiger partial charge >= 0.3 is 0 Å². The average molecular weight is 390 g/mol. The first kappa shape index (κ1) is 15.8. The van der Waals surface area contributed by atoms with Crippen molar-refractivity contribution < 1.29 is 0 Å². The summed E-state index contributed by atoms with van der Waals surface area (Å²) in [6, 6.07) is 15.3. The van der Waals surface area contributed by atoms with Crippen molar-refractivity contribution >= 4 is 50.7 Å². The summed E-state index contributed by atoms with van der Waals surface area (Å²) in [5.41, 5.74) is 2.93. The van der Waals surface area contributed by atoms with Crippen molar-refractivity contribution in [1.82, 2.24) is 9.97 Å². The summed E-state index contributed by atoms with van der Waals surface area (Å²) in [7, 11) is 0. The fraction of sp³-hybridized carbons (Fsp3) is 0.0588. The number of hydrogen-bond donors (Lipinski definition) is 2. The molecular formula is C17H14BrClN4. The highest BCUT2D eigenvalue weighted by molar-refractivity contribution is 9.10. The SMILES string of the molecule is Cc1ccc(Cl)cc1Nc1ccnc(Nc2cccc(Br)c2)n1. The van der Waals surface area contributed by atoms with Crippen LogP contribution >= 0.6 is 27.5 Å². The van der Waals surface area contributed by atoms with Gasteiger partial charge in [0.1, 0.15) is 5.82 Å². The highest BCUT2D eigenvalue weighted by Gasteiger charge is 2.04. The molecule has 0 amide bonds. The van der Waals surface area contributed by atoms with Gasteiger partial charge in [-0.25, -0.2) is 4.98 Å². The standard InChI is InChI=1S/C17H14BrClN4/c1-11-5-6-13(19)10-15(11)22-16-7-8-20-17(23-16)21-14-4-2-3-12(18)9-14/h2-10H,1H3,(H2,20,21,22,23). The molecule has 6 heteroatoms. The number of nitrogens with zero attached hydrogens (tertiary/aromatic N) is 2. The van der Waals surface area contributed by atoms with Crippen LogP contribution in [0.2, 0.25) is 5.02 Å². The summed E-state index contributed by atoms with van der Waals surface area (Å²) in [4.78, 5) is 8.71. The van der Waals surface area contributed by atoms with Gasteiger partial charge in [0.05, 0.1) is 0 Å². The van der Waals surface area contributed by atoms with Gasteiger partial charge in [0.25, 0.3) is 0 Å². The van der Waals surface area contributed by atoms with Crippen LogP contribution in [-0.4, -0.2) is 9.97 Å². The van der Waals surface area contributed by atoms with Crippen molar-refractivity contribution in [2.45, 2.75) is 6.92 Å². The number of aromatic nitrogens is 2. The first-order valence-electron chi connectivity index (χ1n) is 6.99. The van der Waals surface area contributed by atoms with Gasteiger partial charge < -0.3 is 10.6 Å². The van der Waals surface area contributed by atoms with E-state index in [0.29, 0.717) is 16.8 Å². The van der Waals surface area contributed by atoms with E-state index in [1.807, 2.05) is 55.5 Å². The van der Waals surface area contributed by atoms with Crippen LogP contribution < -0.4 is 10.6 Å². The molecule has 0 unspecified atom stereocenters. The number of aryl methyl sites for hydroxylation is 1. The summed E-state index contributed by atoms with van der Waals surface area (Å²) < 4.78 is 0.992. The van der Waals surface area contributed by atoms with Crippen LogP contribution in [0, 0.1) is 6.92 Å². The predicted octanol–water partition coefficient (Wildman–Crippen LogP) is 5.69. The maximum atomic E-state index is 6.05. The first-order valence-corrected chi connectivity index (χ1v) is 8.16. The van der Waals surface area contributed by atoms with Crippen LogP contribution in [0.1, 0.15) is 5.56 Å². The Morgan fingerprint density at radius 3 is 2.74 bits per heavy atom. The van der Waals surface area contributed by atoms with E-state index in [2.05, 4.69) is 36.5 Å². The monoisotopic (exact) mass is 388 g/mol. The van der Waals surface area contributed by atoms with Crippen molar-refractivity contribution in [2.75, 3.05) is 10.6 Å². The van der Waals surface area contributed by atoms with Crippen LogP contribution in [0.4, 0.5) is 23.1 Å². The van der Waals surface area contributed by atoms with Crippen molar-refractivity contribution in [3.63, 3.8) is 0 Å². The first-order chi connectivity index (χ1) is 11.1. The minimum atomic E-state index is 0.521. The summed E-state index contributed by atoms with van der Waals surface area (Å²) in [6.07, 6.45) is 1.70. The molecule has 0 saturated heterocycles. The topological polar surface area (TPSA) is 49.8 Å². The fourth-order valence-electron chi connectivity index (χ4n) is 2.05. The maximum Gasteiger partial charge on any atom is 0.229 e. The van der Waals surface area contributed by atoms with Gasteiger partial charge in [-0.15, -0.1) is 0 Å². The Morgan fingerprint density at radius 2 is 1.91 bits per heavy atom. The molecule has 3 rings (SSSR count). The smallest absolute Gasteiger partial charge is 0.229 e. The van der Waals surface area contributed by atoms with E-state index in [4.69, 9.17) is 11.6 Å². The lowest BCUT2D eigenvalue weighted by Crippen LogP contribution is -2.01. The van der Waals surface area contributed by atoms with Crippen molar-refractivity contribution in [1.29, 1.82) is 0 Å². The van der Waals surface area contributed by atoms with Gasteiger partial charge in [-0.2, -0.15) is 4.98 Å². The molecule has 4 nitrogen and oxygen atoms in total. The largest absolute Gasteiger partial charge is 0.340 e. The summed E-state index contributed by atoms with van der Waals surface area (Å²) in [5.74, 6) is 1.22. The Kier molecular flexibility index (Phi) is 4.79. The van der Waals surface area contributed by atoms with Crippen molar-refractivity contribution in [2.24, 2.45) is 0 Å². The molecule has 23 heavy (non-hydrogen) atoms. The Hall–Kier alpha value is -2.11. The number of rotatable bonds is 4. The van der Waals surface area contributed by atoms with E-state index in [-0.39, 0.29) is 0 Å².